The van der Waals surface area contributed by atoms with Crippen LogP contribution >= 0.6 is 0 Å². The van der Waals surface area contributed by atoms with Crippen molar-refractivity contribution >= 4 is 8.80 Å². The highest BCUT2D eigenvalue weighted by molar-refractivity contribution is 6.60. The van der Waals surface area contributed by atoms with E-state index in [1.54, 1.807) is 25.0 Å². The zero-order chi connectivity index (χ0) is 16.1. The fourth-order valence-electron chi connectivity index (χ4n) is 5.10. The van der Waals surface area contributed by atoms with Crippen molar-refractivity contribution in [2.45, 2.75) is 88.3 Å². The van der Waals surface area contributed by atoms with E-state index in [1.807, 2.05) is 12.1 Å². The Morgan fingerprint density at radius 3 is 2.22 bits per heavy atom. The van der Waals surface area contributed by atoms with Crippen LogP contribution in [0.15, 0.2) is 24.3 Å². The topological polar surface area (TPSA) is 0 Å². The van der Waals surface area contributed by atoms with Gasteiger partial charge in [0.15, 0.2) is 0 Å². The first-order chi connectivity index (χ1) is 11.3. The molecule has 1 aromatic rings. The lowest BCUT2D eigenvalue weighted by Gasteiger charge is -2.37. The molecule has 2 fully saturated rings. The molecule has 0 bridgehead atoms. The van der Waals surface area contributed by atoms with Crippen molar-refractivity contribution in [1.82, 2.24) is 0 Å². The highest BCUT2D eigenvalue weighted by Gasteiger charge is 2.31. The van der Waals surface area contributed by atoms with Crippen LogP contribution in [0.1, 0.15) is 76.2 Å². The average molecular weight is 333 g/mol. The molecule has 0 amide bonds. The second-order valence-corrected chi connectivity index (χ2v) is 11.7. The minimum atomic E-state index is -0.508. The maximum Gasteiger partial charge on any atom is 0.123 e. The standard InChI is InChI=1S/C21H33FSi/c1-2-3-4-17-5-11-21(12-6-17)23-15-13-19(14-16-23)18-7-9-20(22)10-8-18/h7-10,17,19,21,23H,2-6,11-16H2,1H3/t17-,19?,21-,23?. The summed E-state index contributed by atoms with van der Waals surface area (Å²) in [4.78, 5) is 0. The van der Waals surface area contributed by atoms with Gasteiger partial charge in [0.1, 0.15) is 5.82 Å². The van der Waals surface area contributed by atoms with Gasteiger partial charge in [-0.15, -0.1) is 0 Å². The monoisotopic (exact) mass is 332 g/mol. The smallest absolute Gasteiger partial charge is 0.123 e. The molecule has 128 valence electrons. The molecule has 0 radical (unpaired) electrons. The molecule has 1 saturated carbocycles. The zero-order valence-corrected chi connectivity index (χ0v) is 15.9. The molecule has 1 aliphatic carbocycles. The average Bonchev–Trinajstić information content (AvgIpc) is 2.61. The van der Waals surface area contributed by atoms with Crippen LogP contribution in [0.2, 0.25) is 17.6 Å². The minimum absolute atomic E-state index is 0.100. The Labute approximate surface area is 143 Å². The number of hydrogen-bond acceptors (Lipinski definition) is 0. The normalized spacial score (nSPS) is 31.9. The molecule has 2 aliphatic rings. The number of unbranched alkanes of at least 4 members (excludes halogenated alkanes) is 1. The first kappa shape index (κ1) is 17.2. The van der Waals surface area contributed by atoms with Crippen LogP contribution in [0.4, 0.5) is 4.39 Å². The van der Waals surface area contributed by atoms with E-state index >= 15 is 0 Å². The van der Waals surface area contributed by atoms with E-state index in [1.165, 1.54) is 62.6 Å². The van der Waals surface area contributed by atoms with Gasteiger partial charge < -0.3 is 0 Å². The van der Waals surface area contributed by atoms with Gasteiger partial charge in [-0.1, -0.05) is 76.1 Å². The van der Waals surface area contributed by atoms with Gasteiger partial charge in [0.05, 0.1) is 0 Å². The number of benzene rings is 1. The molecule has 2 heteroatoms. The lowest BCUT2D eigenvalue weighted by molar-refractivity contribution is 0.327. The van der Waals surface area contributed by atoms with Crippen LogP contribution in [0.5, 0.6) is 0 Å². The summed E-state index contributed by atoms with van der Waals surface area (Å²) in [6.45, 7) is 2.32. The van der Waals surface area contributed by atoms with E-state index in [4.69, 9.17) is 0 Å². The third-order valence-electron chi connectivity index (χ3n) is 6.64. The third kappa shape index (κ3) is 4.68. The fourth-order valence-corrected chi connectivity index (χ4v) is 9.32. The molecule has 0 aromatic heterocycles. The molecule has 1 saturated heterocycles. The molecule has 0 atom stereocenters. The molecular weight excluding hydrogens is 299 g/mol. The van der Waals surface area contributed by atoms with Gasteiger partial charge in [-0.25, -0.2) is 4.39 Å². The Bertz CT molecular complexity index is 453. The summed E-state index contributed by atoms with van der Waals surface area (Å²) < 4.78 is 13.1. The molecule has 0 spiro atoms. The fraction of sp³-hybridized carbons (Fsp3) is 0.714. The van der Waals surface area contributed by atoms with Gasteiger partial charge in [-0.2, -0.15) is 0 Å². The largest absolute Gasteiger partial charge is 0.207 e. The summed E-state index contributed by atoms with van der Waals surface area (Å²) in [5, 5.41) is 0. The van der Waals surface area contributed by atoms with Gasteiger partial charge in [0.25, 0.3) is 0 Å². The third-order valence-corrected chi connectivity index (χ3v) is 10.8. The van der Waals surface area contributed by atoms with Crippen molar-refractivity contribution in [2.75, 3.05) is 0 Å². The second kappa shape index (κ2) is 8.46. The maximum atomic E-state index is 13.1. The van der Waals surface area contributed by atoms with E-state index in [9.17, 15) is 4.39 Å². The number of hydrogen-bond donors (Lipinski definition) is 0. The van der Waals surface area contributed by atoms with E-state index in [0.717, 1.165) is 11.5 Å². The summed E-state index contributed by atoms with van der Waals surface area (Å²) in [5.41, 5.74) is 2.52. The highest BCUT2D eigenvalue weighted by Crippen LogP contribution is 2.43. The van der Waals surface area contributed by atoms with Gasteiger partial charge >= 0.3 is 0 Å². The Morgan fingerprint density at radius 2 is 1.61 bits per heavy atom. The lowest BCUT2D eigenvalue weighted by Crippen LogP contribution is -2.29. The first-order valence-corrected chi connectivity index (χ1v) is 12.3. The Balaban J connectivity index is 1.43. The van der Waals surface area contributed by atoms with Gasteiger partial charge in [0.2, 0.25) is 0 Å². The van der Waals surface area contributed by atoms with Gasteiger partial charge in [-0.3, -0.25) is 0 Å². The Kier molecular flexibility index (Phi) is 6.33. The number of halogens is 1. The first-order valence-electron chi connectivity index (χ1n) is 10.0. The quantitative estimate of drug-likeness (QED) is 0.527. The van der Waals surface area contributed by atoms with Crippen LogP contribution < -0.4 is 0 Å². The van der Waals surface area contributed by atoms with Crippen LogP contribution in [0.3, 0.4) is 0 Å². The van der Waals surface area contributed by atoms with E-state index in [0.29, 0.717) is 5.92 Å². The van der Waals surface area contributed by atoms with Crippen molar-refractivity contribution in [3.63, 3.8) is 0 Å². The summed E-state index contributed by atoms with van der Waals surface area (Å²) >= 11 is 0. The van der Waals surface area contributed by atoms with E-state index in [-0.39, 0.29) is 5.82 Å². The Morgan fingerprint density at radius 1 is 0.957 bits per heavy atom. The predicted octanol–water partition coefficient (Wildman–Crippen LogP) is 6.68. The predicted molar refractivity (Wildman–Crippen MR) is 100 cm³/mol. The highest BCUT2D eigenvalue weighted by atomic mass is 28.3. The maximum absolute atomic E-state index is 13.1. The molecule has 1 aliphatic heterocycles. The SMILES string of the molecule is CCCC[C@H]1CC[C@H]([SiH]2CCC(c3ccc(F)cc3)CC2)CC1. The van der Waals surface area contributed by atoms with Crippen molar-refractivity contribution in [1.29, 1.82) is 0 Å². The van der Waals surface area contributed by atoms with Gasteiger partial charge in [0, 0.05) is 8.80 Å². The van der Waals surface area contributed by atoms with Crippen LogP contribution in [0, 0.1) is 11.7 Å². The molecule has 0 nitrogen and oxygen atoms in total. The van der Waals surface area contributed by atoms with Crippen LogP contribution in [0.25, 0.3) is 0 Å². The molecule has 0 N–H and O–H groups in total. The Hall–Kier alpha value is -0.633. The summed E-state index contributed by atoms with van der Waals surface area (Å²) in [5.74, 6) is 1.66. The molecule has 1 heterocycles. The summed E-state index contributed by atoms with van der Waals surface area (Å²) in [6, 6.07) is 10.4. The van der Waals surface area contributed by atoms with E-state index in [2.05, 4.69) is 6.92 Å². The summed E-state index contributed by atoms with van der Waals surface area (Å²) in [7, 11) is -0.508. The zero-order valence-electron chi connectivity index (χ0n) is 14.8. The van der Waals surface area contributed by atoms with Crippen molar-refractivity contribution in [2.24, 2.45) is 5.92 Å². The summed E-state index contributed by atoms with van der Waals surface area (Å²) in [6.07, 6.45) is 13.2. The van der Waals surface area contributed by atoms with Gasteiger partial charge in [-0.05, 0) is 47.9 Å². The van der Waals surface area contributed by atoms with Crippen LogP contribution in [-0.4, -0.2) is 8.80 Å². The van der Waals surface area contributed by atoms with Crippen molar-refractivity contribution in [3.05, 3.63) is 35.6 Å². The molecule has 23 heavy (non-hydrogen) atoms. The molecule has 3 rings (SSSR count). The minimum Gasteiger partial charge on any atom is -0.207 e. The molecular formula is C21H33FSi. The van der Waals surface area contributed by atoms with Crippen LogP contribution in [-0.2, 0) is 0 Å². The second-order valence-electron chi connectivity index (χ2n) is 8.09. The molecule has 0 unspecified atom stereocenters. The molecule has 1 aromatic carbocycles. The number of rotatable bonds is 5. The van der Waals surface area contributed by atoms with E-state index < -0.39 is 8.80 Å². The van der Waals surface area contributed by atoms with Crippen molar-refractivity contribution < 1.29 is 4.39 Å². The van der Waals surface area contributed by atoms with Crippen molar-refractivity contribution in [3.8, 4) is 0 Å². The lowest BCUT2D eigenvalue weighted by atomic mass is 9.85.